The predicted molar refractivity (Wildman–Crippen MR) is 81.7 cm³/mol. The fourth-order valence-electron chi connectivity index (χ4n) is 1.86. The largest absolute Gasteiger partial charge is 0.467 e. The zero-order valence-corrected chi connectivity index (χ0v) is 12.4. The van der Waals surface area contributed by atoms with E-state index in [-0.39, 0.29) is 12.6 Å². The highest BCUT2D eigenvalue weighted by molar-refractivity contribution is 5.93. The first kappa shape index (κ1) is 16.4. The topological polar surface area (TPSA) is 35.5 Å². The molecule has 0 N–H and O–H groups in total. The molecule has 0 aliphatic heterocycles. The van der Waals surface area contributed by atoms with Crippen LogP contribution in [0.5, 0.6) is 5.75 Å². The van der Waals surface area contributed by atoms with E-state index in [0.29, 0.717) is 6.42 Å². The summed E-state index contributed by atoms with van der Waals surface area (Å²) in [4.78, 5) is 11.8. The summed E-state index contributed by atoms with van der Waals surface area (Å²) < 4.78 is 10.3. The Morgan fingerprint density at radius 3 is 2.75 bits per heavy atom. The van der Waals surface area contributed by atoms with Crippen LogP contribution in [0, 0.1) is 0 Å². The molecule has 110 valence electrons. The van der Waals surface area contributed by atoms with Crippen molar-refractivity contribution in [2.75, 3.05) is 13.9 Å². The van der Waals surface area contributed by atoms with Crippen LogP contribution in [-0.4, -0.2) is 19.7 Å². The SMILES string of the molecule is CCCCCCC(=O)/C=C\c1ccccc1OCOC. The molecular formula is C17H24O3. The normalized spacial score (nSPS) is 10.9. The van der Waals surface area contributed by atoms with E-state index < -0.39 is 0 Å². The third-order valence-corrected chi connectivity index (χ3v) is 2.98. The molecule has 3 heteroatoms. The standard InChI is InChI=1S/C17H24O3/c1-3-4-5-6-10-16(18)13-12-15-9-7-8-11-17(15)20-14-19-2/h7-9,11-13H,3-6,10,14H2,1-2H3/b13-12-. The Morgan fingerprint density at radius 2 is 2.00 bits per heavy atom. The van der Waals surface area contributed by atoms with E-state index in [1.54, 1.807) is 13.2 Å². The maximum absolute atomic E-state index is 11.8. The number of ether oxygens (including phenoxy) is 2. The lowest BCUT2D eigenvalue weighted by atomic mass is 10.1. The molecule has 0 atom stereocenters. The lowest BCUT2D eigenvalue weighted by Crippen LogP contribution is -2.00. The van der Waals surface area contributed by atoms with E-state index in [0.717, 1.165) is 24.2 Å². The van der Waals surface area contributed by atoms with Gasteiger partial charge in [-0.1, -0.05) is 44.4 Å². The van der Waals surface area contributed by atoms with Crippen molar-refractivity contribution < 1.29 is 14.3 Å². The van der Waals surface area contributed by atoms with Crippen LogP contribution >= 0.6 is 0 Å². The molecule has 20 heavy (non-hydrogen) atoms. The molecule has 0 aliphatic rings. The molecule has 0 saturated carbocycles. The zero-order valence-electron chi connectivity index (χ0n) is 12.4. The highest BCUT2D eigenvalue weighted by atomic mass is 16.7. The fraction of sp³-hybridized carbons (Fsp3) is 0.471. The third kappa shape index (κ3) is 6.53. The van der Waals surface area contributed by atoms with Crippen LogP contribution in [0.25, 0.3) is 6.08 Å². The van der Waals surface area contributed by atoms with Crippen molar-refractivity contribution in [1.29, 1.82) is 0 Å². The van der Waals surface area contributed by atoms with Crippen molar-refractivity contribution in [3.63, 3.8) is 0 Å². The van der Waals surface area contributed by atoms with Crippen molar-refractivity contribution in [2.45, 2.75) is 39.0 Å². The van der Waals surface area contributed by atoms with Crippen LogP contribution in [0.15, 0.2) is 30.3 Å². The van der Waals surface area contributed by atoms with Gasteiger partial charge in [0.1, 0.15) is 5.75 Å². The highest BCUT2D eigenvalue weighted by Gasteiger charge is 2.01. The zero-order chi connectivity index (χ0) is 14.6. The highest BCUT2D eigenvalue weighted by Crippen LogP contribution is 2.19. The number of carbonyl (C=O) groups is 1. The van der Waals surface area contributed by atoms with Gasteiger partial charge in [0.05, 0.1) is 0 Å². The van der Waals surface area contributed by atoms with E-state index in [2.05, 4.69) is 6.92 Å². The van der Waals surface area contributed by atoms with Gasteiger partial charge in [-0.25, -0.2) is 0 Å². The molecule has 1 aromatic rings. The average Bonchev–Trinajstić information content (AvgIpc) is 2.48. The maximum Gasteiger partial charge on any atom is 0.188 e. The van der Waals surface area contributed by atoms with E-state index in [9.17, 15) is 4.79 Å². The van der Waals surface area contributed by atoms with Crippen molar-refractivity contribution in [1.82, 2.24) is 0 Å². The Labute approximate surface area is 121 Å². The number of para-hydroxylation sites is 1. The Hall–Kier alpha value is -1.61. The molecular weight excluding hydrogens is 252 g/mol. The van der Waals surface area contributed by atoms with Crippen molar-refractivity contribution in [3.8, 4) is 5.75 Å². The Kier molecular flexibility index (Phi) is 8.40. The molecule has 1 rings (SSSR count). The minimum Gasteiger partial charge on any atom is -0.467 e. The minimum absolute atomic E-state index is 0.169. The van der Waals surface area contributed by atoms with Crippen molar-refractivity contribution in [2.24, 2.45) is 0 Å². The lowest BCUT2D eigenvalue weighted by molar-refractivity contribution is -0.114. The van der Waals surface area contributed by atoms with Gasteiger partial charge in [-0.3, -0.25) is 4.79 Å². The molecule has 0 aliphatic carbocycles. The van der Waals surface area contributed by atoms with Crippen molar-refractivity contribution in [3.05, 3.63) is 35.9 Å². The minimum atomic E-state index is 0.169. The van der Waals surface area contributed by atoms with E-state index >= 15 is 0 Å². The van der Waals surface area contributed by atoms with Gasteiger partial charge in [0, 0.05) is 19.1 Å². The number of unbranched alkanes of at least 4 members (excludes halogenated alkanes) is 3. The van der Waals surface area contributed by atoms with Gasteiger partial charge in [-0.15, -0.1) is 0 Å². The molecule has 0 fully saturated rings. The van der Waals surface area contributed by atoms with Crippen LogP contribution in [0.2, 0.25) is 0 Å². The van der Waals surface area contributed by atoms with Gasteiger partial charge in [0.2, 0.25) is 0 Å². The first-order valence-corrected chi connectivity index (χ1v) is 7.19. The van der Waals surface area contributed by atoms with Gasteiger partial charge >= 0.3 is 0 Å². The van der Waals surface area contributed by atoms with Gasteiger partial charge < -0.3 is 9.47 Å². The lowest BCUT2D eigenvalue weighted by Gasteiger charge is -2.07. The summed E-state index contributed by atoms with van der Waals surface area (Å²) in [7, 11) is 1.58. The summed E-state index contributed by atoms with van der Waals surface area (Å²) in [5.41, 5.74) is 0.895. The van der Waals surface area contributed by atoms with Gasteiger partial charge in [0.25, 0.3) is 0 Å². The van der Waals surface area contributed by atoms with E-state index in [1.165, 1.54) is 12.8 Å². The summed E-state index contributed by atoms with van der Waals surface area (Å²) in [6.07, 6.45) is 8.56. The summed E-state index contributed by atoms with van der Waals surface area (Å²) in [5, 5.41) is 0. The number of methoxy groups -OCH3 is 1. The molecule has 0 bridgehead atoms. The second-order valence-electron chi connectivity index (χ2n) is 4.70. The molecule has 0 unspecified atom stereocenters. The quantitative estimate of drug-likeness (QED) is 0.364. The number of ketones is 1. The smallest absolute Gasteiger partial charge is 0.188 e. The monoisotopic (exact) mass is 276 g/mol. The Bertz CT molecular complexity index is 424. The summed E-state index contributed by atoms with van der Waals surface area (Å²) in [6, 6.07) is 7.61. The number of hydrogen-bond donors (Lipinski definition) is 0. The Balaban J connectivity index is 2.49. The second kappa shape index (κ2) is 10.2. The molecule has 0 saturated heterocycles. The number of allylic oxidation sites excluding steroid dienone is 1. The first-order valence-electron chi connectivity index (χ1n) is 7.19. The van der Waals surface area contributed by atoms with Crippen LogP contribution in [0.3, 0.4) is 0 Å². The maximum atomic E-state index is 11.8. The fourth-order valence-corrected chi connectivity index (χ4v) is 1.86. The number of rotatable bonds is 10. The van der Waals surface area contributed by atoms with Crippen LogP contribution < -0.4 is 4.74 Å². The second-order valence-corrected chi connectivity index (χ2v) is 4.70. The Morgan fingerprint density at radius 1 is 1.20 bits per heavy atom. The summed E-state index contributed by atoms with van der Waals surface area (Å²) in [5.74, 6) is 0.895. The molecule has 1 aromatic carbocycles. The van der Waals surface area contributed by atoms with Crippen molar-refractivity contribution >= 4 is 11.9 Å². The average molecular weight is 276 g/mol. The number of hydrogen-bond acceptors (Lipinski definition) is 3. The van der Waals surface area contributed by atoms with E-state index in [4.69, 9.17) is 9.47 Å². The van der Waals surface area contributed by atoms with E-state index in [1.807, 2.05) is 30.3 Å². The molecule has 0 amide bonds. The van der Waals surface area contributed by atoms with Crippen LogP contribution in [0.4, 0.5) is 0 Å². The summed E-state index contributed by atoms with van der Waals surface area (Å²) in [6.45, 7) is 2.37. The number of carbonyl (C=O) groups excluding carboxylic acids is 1. The van der Waals surface area contributed by atoms with Crippen LogP contribution in [-0.2, 0) is 9.53 Å². The number of benzene rings is 1. The predicted octanol–water partition coefficient (Wildman–Crippen LogP) is 4.22. The van der Waals surface area contributed by atoms with Gasteiger partial charge in [-0.05, 0) is 24.6 Å². The molecule has 0 radical (unpaired) electrons. The third-order valence-electron chi connectivity index (χ3n) is 2.98. The molecule has 0 heterocycles. The van der Waals surface area contributed by atoms with Gasteiger partial charge in [-0.2, -0.15) is 0 Å². The molecule has 3 nitrogen and oxygen atoms in total. The molecule has 0 spiro atoms. The summed E-state index contributed by atoms with van der Waals surface area (Å²) >= 11 is 0. The molecule has 0 aromatic heterocycles. The first-order chi connectivity index (χ1) is 9.77. The van der Waals surface area contributed by atoms with Gasteiger partial charge in [0.15, 0.2) is 12.6 Å². The van der Waals surface area contributed by atoms with Crippen LogP contribution in [0.1, 0.15) is 44.6 Å².